The van der Waals surface area contributed by atoms with Crippen molar-refractivity contribution < 1.29 is 42.1 Å². The third-order valence-corrected chi connectivity index (χ3v) is 8.05. The van der Waals surface area contributed by atoms with E-state index < -0.39 is 43.0 Å². The van der Waals surface area contributed by atoms with Crippen molar-refractivity contribution in [2.75, 3.05) is 38.7 Å². The van der Waals surface area contributed by atoms with Crippen LogP contribution >= 0.6 is 0 Å². The zero-order valence-electron chi connectivity index (χ0n) is 27.0. The quantitative estimate of drug-likeness (QED) is 0.374. The van der Waals surface area contributed by atoms with Crippen molar-refractivity contribution in [3.05, 3.63) is 59.7 Å². The first-order chi connectivity index (χ1) is 21.8. The number of anilines is 1. The fourth-order valence-corrected chi connectivity index (χ4v) is 5.22. The Morgan fingerprint density at radius 2 is 1.85 bits per heavy atom. The highest BCUT2D eigenvalue weighted by Gasteiger charge is 2.31. The van der Waals surface area contributed by atoms with E-state index in [2.05, 4.69) is 5.32 Å². The lowest BCUT2D eigenvalue weighted by Crippen LogP contribution is -2.48. The van der Waals surface area contributed by atoms with Crippen molar-refractivity contribution in [3.63, 3.8) is 0 Å². The lowest BCUT2D eigenvalue weighted by Gasteiger charge is -2.36. The molecule has 0 radical (unpaired) electrons. The van der Waals surface area contributed by atoms with E-state index in [1.54, 1.807) is 18.9 Å². The number of ether oxygens (including phenoxy) is 2. The van der Waals surface area contributed by atoms with Crippen LogP contribution in [0.1, 0.15) is 68.8 Å². The summed E-state index contributed by atoms with van der Waals surface area (Å²) in [5, 5.41) is 12.6. The summed E-state index contributed by atoms with van der Waals surface area (Å²) in [5.41, 5.74) is 1.16. The molecule has 9 nitrogen and oxygen atoms in total. The van der Waals surface area contributed by atoms with E-state index in [9.17, 15) is 32.7 Å². The van der Waals surface area contributed by atoms with Crippen LogP contribution in [0.25, 0.3) is 0 Å². The van der Waals surface area contributed by atoms with Gasteiger partial charge in [-0.15, -0.1) is 0 Å². The molecule has 12 heteroatoms. The molecule has 0 aliphatic carbocycles. The number of amides is 3. The molecule has 3 amide bonds. The van der Waals surface area contributed by atoms with Crippen molar-refractivity contribution in [2.45, 2.75) is 83.7 Å². The number of aliphatic hydroxyl groups is 1. The fraction of sp³-hybridized carbons (Fsp3) is 0.559. The smallest absolute Gasteiger partial charge is 0.389 e. The summed E-state index contributed by atoms with van der Waals surface area (Å²) in [6, 6.07) is 13.2. The van der Waals surface area contributed by atoms with Crippen LogP contribution in [-0.4, -0.2) is 90.4 Å². The van der Waals surface area contributed by atoms with E-state index in [1.165, 1.54) is 23.1 Å². The van der Waals surface area contributed by atoms with Gasteiger partial charge in [0.05, 0.1) is 43.3 Å². The van der Waals surface area contributed by atoms with Gasteiger partial charge in [-0.3, -0.25) is 14.4 Å². The minimum Gasteiger partial charge on any atom is -0.490 e. The Hall–Kier alpha value is -3.64. The SMILES string of the molecule is C[C@@H]1CN([C@@H](C)CO)C(=O)c2cc(NC(=O)CCC(F)(F)F)ccc2O[C@@H](C)CCCCO[C@H]1CN(C)C(=O)Cc1ccccc1. The van der Waals surface area contributed by atoms with E-state index in [4.69, 9.17) is 9.47 Å². The van der Waals surface area contributed by atoms with Crippen LogP contribution in [0.15, 0.2) is 48.5 Å². The molecule has 1 heterocycles. The van der Waals surface area contributed by atoms with Gasteiger partial charge < -0.3 is 29.7 Å². The van der Waals surface area contributed by atoms with Gasteiger partial charge in [0.15, 0.2) is 0 Å². The molecule has 1 aliphatic heterocycles. The maximum absolute atomic E-state index is 14.2. The first kappa shape index (κ1) is 36.8. The number of benzene rings is 2. The highest BCUT2D eigenvalue weighted by atomic mass is 19.4. The van der Waals surface area contributed by atoms with E-state index in [0.29, 0.717) is 19.6 Å². The molecular weight excluding hydrogens is 603 g/mol. The molecule has 254 valence electrons. The average Bonchev–Trinajstić information content (AvgIpc) is 3.01. The Kier molecular flexibility index (Phi) is 13.9. The minimum absolute atomic E-state index is 0.0669. The van der Waals surface area contributed by atoms with Crippen molar-refractivity contribution >= 4 is 23.4 Å². The van der Waals surface area contributed by atoms with E-state index in [-0.39, 0.29) is 54.5 Å². The molecule has 2 aromatic carbocycles. The molecule has 0 spiro atoms. The number of hydrogen-bond acceptors (Lipinski definition) is 6. The van der Waals surface area contributed by atoms with Gasteiger partial charge in [-0.25, -0.2) is 0 Å². The Morgan fingerprint density at radius 1 is 1.13 bits per heavy atom. The summed E-state index contributed by atoms with van der Waals surface area (Å²) < 4.78 is 50.4. The summed E-state index contributed by atoms with van der Waals surface area (Å²) in [7, 11) is 1.73. The normalized spacial score (nSPS) is 20.6. The van der Waals surface area contributed by atoms with Crippen molar-refractivity contribution in [2.24, 2.45) is 5.92 Å². The molecule has 1 aliphatic rings. The molecule has 0 bridgehead atoms. The number of aliphatic hydroxyl groups excluding tert-OH is 1. The number of nitrogens with zero attached hydrogens (tertiary/aromatic N) is 2. The minimum atomic E-state index is -4.47. The monoisotopic (exact) mass is 649 g/mol. The van der Waals surface area contributed by atoms with Gasteiger partial charge in [0.25, 0.3) is 5.91 Å². The number of nitrogens with one attached hydrogen (secondary N) is 1. The van der Waals surface area contributed by atoms with Crippen LogP contribution in [0, 0.1) is 5.92 Å². The number of alkyl halides is 3. The summed E-state index contributed by atoms with van der Waals surface area (Å²) in [4.78, 5) is 42.6. The highest BCUT2D eigenvalue weighted by molar-refractivity contribution is 5.99. The molecule has 3 rings (SSSR count). The number of rotatable bonds is 9. The second-order valence-corrected chi connectivity index (χ2v) is 12.1. The van der Waals surface area contributed by atoms with Gasteiger partial charge in [-0.05, 0) is 56.9 Å². The van der Waals surface area contributed by atoms with Gasteiger partial charge in [0.2, 0.25) is 11.8 Å². The van der Waals surface area contributed by atoms with Gasteiger partial charge in [-0.2, -0.15) is 13.2 Å². The summed E-state index contributed by atoms with van der Waals surface area (Å²) in [6.45, 7) is 6.09. The standard InChI is InChI=1S/C34H46F3N3O6/c1-23-20-40(24(2)22-41)33(44)28-19-27(38-31(42)15-16-34(35,36)37)13-14-29(28)46-25(3)10-8-9-17-45-30(23)21-39(4)32(43)18-26-11-6-5-7-12-26/h5-7,11-14,19,23-25,30,41H,8-10,15-18,20-22H2,1-4H3,(H,38,42)/t23-,24+,25+,30+/m1/s1. The number of hydrogen-bond donors (Lipinski definition) is 2. The van der Waals surface area contributed by atoms with E-state index in [1.807, 2.05) is 44.2 Å². The molecule has 0 unspecified atom stereocenters. The second-order valence-electron chi connectivity index (χ2n) is 12.1. The van der Waals surface area contributed by atoms with Gasteiger partial charge in [-0.1, -0.05) is 37.3 Å². The number of carbonyl (C=O) groups is 3. The summed E-state index contributed by atoms with van der Waals surface area (Å²) >= 11 is 0. The lowest BCUT2D eigenvalue weighted by molar-refractivity contribution is -0.142. The Labute approximate surface area is 269 Å². The largest absolute Gasteiger partial charge is 0.490 e. The van der Waals surface area contributed by atoms with E-state index in [0.717, 1.165) is 18.4 Å². The molecule has 2 N–H and O–H groups in total. The molecule has 46 heavy (non-hydrogen) atoms. The zero-order valence-corrected chi connectivity index (χ0v) is 27.0. The maximum atomic E-state index is 14.2. The molecule has 2 aromatic rings. The molecule has 0 saturated heterocycles. The van der Waals surface area contributed by atoms with Crippen LogP contribution in [0.3, 0.4) is 0 Å². The number of fused-ring (bicyclic) bond motifs is 1. The summed E-state index contributed by atoms with van der Waals surface area (Å²) in [6.07, 6.45) is -4.73. The number of carbonyl (C=O) groups excluding carboxylic acids is 3. The Morgan fingerprint density at radius 3 is 2.52 bits per heavy atom. The molecule has 0 saturated carbocycles. The molecule has 4 atom stereocenters. The average molecular weight is 650 g/mol. The van der Waals surface area contributed by atoms with Crippen LogP contribution < -0.4 is 10.1 Å². The number of likely N-dealkylation sites (N-methyl/N-ethyl adjacent to an activating group) is 1. The topological polar surface area (TPSA) is 108 Å². The van der Waals surface area contributed by atoms with Gasteiger partial charge in [0.1, 0.15) is 5.75 Å². The lowest BCUT2D eigenvalue weighted by atomic mass is 10.0. The van der Waals surface area contributed by atoms with Crippen LogP contribution in [0.5, 0.6) is 5.75 Å². The van der Waals surface area contributed by atoms with Crippen LogP contribution in [-0.2, 0) is 20.7 Å². The van der Waals surface area contributed by atoms with Crippen LogP contribution in [0.4, 0.5) is 18.9 Å². The Balaban J connectivity index is 1.88. The van der Waals surface area contributed by atoms with E-state index >= 15 is 0 Å². The predicted molar refractivity (Wildman–Crippen MR) is 169 cm³/mol. The number of halogens is 3. The zero-order chi connectivity index (χ0) is 33.9. The fourth-order valence-electron chi connectivity index (χ4n) is 5.22. The highest BCUT2D eigenvalue weighted by Crippen LogP contribution is 2.29. The van der Waals surface area contributed by atoms with Gasteiger partial charge >= 0.3 is 6.18 Å². The Bertz CT molecular complexity index is 1290. The molecule has 0 fully saturated rings. The van der Waals surface area contributed by atoms with Crippen molar-refractivity contribution in [3.8, 4) is 5.75 Å². The third-order valence-electron chi connectivity index (χ3n) is 8.05. The predicted octanol–water partition coefficient (Wildman–Crippen LogP) is 5.46. The van der Waals surface area contributed by atoms with Crippen LogP contribution in [0.2, 0.25) is 0 Å². The molecular formula is C34H46F3N3O6. The molecule has 0 aromatic heterocycles. The maximum Gasteiger partial charge on any atom is 0.389 e. The third kappa shape index (κ3) is 11.6. The first-order valence-electron chi connectivity index (χ1n) is 15.8. The second kappa shape index (κ2) is 17.3. The van der Waals surface area contributed by atoms with Crippen molar-refractivity contribution in [1.29, 1.82) is 0 Å². The first-order valence-corrected chi connectivity index (χ1v) is 15.8. The van der Waals surface area contributed by atoms with Crippen molar-refractivity contribution in [1.82, 2.24) is 9.80 Å². The van der Waals surface area contributed by atoms with Gasteiger partial charge in [0, 0.05) is 44.8 Å². The summed E-state index contributed by atoms with van der Waals surface area (Å²) in [5.74, 6) is -1.37.